The lowest BCUT2D eigenvalue weighted by Crippen LogP contribution is -2.14. The van der Waals surface area contributed by atoms with Gasteiger partial charge in [-0.25, -0.2) is 0 Å². The first-order chi connectivity index (χ1) is 13.2. The van der Waals surface area contributed by atoms with Crippen LogP contribution in [-0.4, -0.2) is 28.7 Å². The number of halogens is 1. The lowest BCUT2D eigenvalue weighted by molar-refractivity contribution is -0.139. The number of rotatable bonds is 4. The second-order valence-electron chi connectivity index (χ2n) is 6.64. The summed E-state index contributed by atoms with van der Waals surface area (Å²) in [7, 11) is 1.31. The number of esters is 1. The smallest absolute Gasteiger partial charge is 0.310 e. The minimum atomic E-state index is -0.786. The average molecular weight is 401 g/mol. The molecule has 0 bridgehead atoms. The third-order valence-corrected chi connectivity index (χ3v) is 5.08. The maximum atomic E-state index is 13.2. The van der Waals surface area contributed by atoms with Crippen molar-refractivity contribution in [1.82, 2.24) is 4.57 Å². The van der Waals surface area contributed by atoms with Gasteiger partial charge in [0.05, 0.1) is 25.2 Å². The summed E-state index contributed by atoms with van der Waals surface area (Å²) in [6, 6.07) is 9.95. The highest BCUT2D eigenvalue weighted by molar-refractivity contribution is 6.30. The van der Waals surface area contributed by atoms with E-state index in [1.165, 1.54) is 11.7 Å². The summed E-state index contributed by atoms with van der Waals surface area (Å²) in [5, 5.41) is 11.2. The number of nitrogens with zero attached hydrogens (tertiary/aromatic N) is 1. The summed E-state index contributed by atoms with van der Waals surface area (Å²) in [6.07, 6.45) is -0.783. The average Bonchev–Trinajstić information content (AvgIpc) is 2.91. The minimum Gasteiger partial charge on any atom is -0.469 e. The van der Waals surface area contributed by atoms with Gasteiger partial charge in [-0.05, 0) is 55.8 Å². The fraction of sp³-hybridized carbons (Fsp3) is 0.238. The number of anilines is 1. The Morgan fingerprint density at radius 2 is 1.89 bits per heavy atom. The SMILES string of the molecule is COC(=O)Cc1c(C)n(C(=O)c2ccc(Cl)cc2)c2cc(N)c(C(C)O)cc12. The summed E-state index contributed by atoms with van der Waals surface area (Å²) in [5.41, 5.74) is 9.31. The molecule has 6 nitrogen and oxygen atoms in total. The zero-order chi connectivity index (χ0) is 20.6. The fourth-order valence-electron chi connectivity index (χ4n) is 3.34. The monoisotopic (exact) mass is 400 g/mol. The van der Waals surface area contributed by atoms with E-state index in [1.807, 2.05) is 0 Å². The van der Waals surface area contributed by atoms with Crippen LogP contribution < -0.4 is 5.73 Å². The standard InChI is InChI=1S/C21H21ClN2O4/c1-11-15(9-20(26)28-3)17-8-16(12(2)25)18(23)10-19(17)24(11)21(27)13-4-6-14(22)7-5-13/h4-8,10,12,25H,9,23H2,1-3H3. The molecule has 0 aliphatic heterocycles. The zero-order valence-electron chi connectivity index (χ0n) is 15.8. The minimum absolute atomic E-state index is 0.00288. The normalized spacial score (nSPS) is 12.2. The van der Waals surface area contributed by atoms with E-state index in [-0.39, 0.29) is 12.3 Å². The van der Waals surface area contributed by atoms with E-state index in [4.69, 9.17) is 22.1 Å². The lowest BCUT2D eigenvalue weighted by Gasteiger charge is -2.11. The number of carbonyl (C=O) groups excluding carboxylic acids is 2. The van der Waals surface area contributed by atoms with Crippen LogP contribution >= 0.6 is 11.6 Å². The van der Waals surface area contributed by atoms with Gasteiger partial charge >= 0.3 is 5.97 Å². The topological polar surface area (TPSA) is 94.5 Å². The van der Waals surface area contributed by atoms with Gasteiger partial charge < -0.3 is 15.6 Å². The number of hydrogen-bond donors (Lipinski definition) is 2. The molecule has 0 radical (unpaired) electrons. The third kappa shape index (κ3) is 3.48. The molecule has 3 rings (SSSR count). The Hall–Kier alpha value is -2.83. The molecule has 1 aromatic heterocycles. The zero-order valence-corrected chi connectivity index (χ0v) is 16.6. The largest absolute Gasteiger partial charge is 0.469 e. The van der Waals surface area contributed by atoms with Crippen LogP contribution in [0.5, 0.6) is 0 Å². The first-order valence-electron chi connectivity index (χ1n) is 8.73. The van der Waals surface area contributed by atoms with Crippen LogP contribution in [0.3, 0.4) is 0 Å². The van der Waals surface area contributed by atoms with E-state index in [0.29, 0.717) is 44.0 Å². The van der Waals surface area contributed by atoms with Crippen LogP contribution in [0.25, 0.3) is 10.9 Å². The molecule has 1 heterocycles. The number of aromatic nitrogens is 1. The first kappa shape index (κ1) is 19.9. The Balaban J connectivity index is 2.28. The van der Waals surface area contributed by atoms with Gasteiger partial charge in [0.2, 0.25) is 0 Å². The van der Waals surface area contributed by atoms with E-state index in [2.05, 4.69) is 0 Å². The number of hydrogen-bond acceptors (Lipinski definition) is 5. The van der Waals surface area contributed by atoms with Crippen molar-refractivity contribution >= 4 is 40.1 Å². The number of benzene rings is 2. The second kappa shape index (κ2) is 7.66. The number of carbonyl (C=O) groups is 2. The molecule has 1 atom stereocenters. The maximum Gasteiger partial charge on any atom is 0.310 e. The summed E-state index contributed by atoms with van der Waals surface area (Å²) in [4.78, 5) is 25.1. The van der Waals surface area contributed by atoms with Crippen molar-refractivity contribution in [2.45, 2.75) is 26.4 Å². The van der Waals surface area contributed by atoms with Crippen molar-refractivity contribution < 1.29 is 19.4 Å². The Kier molecular flexibility index (Phi) is 5.45. The molecule has 0 aliphatic rings. The lowest BCUT2D eigenvalue weighted by atomic mass is 10.0. The molecular weight excluding hydrogens is 380 g/mol. The van der Waals surface area contributed by atoms with Gasteiger partial charge in [0, 0.05) is 32.9 Å². The van der Waals surface area contributed by atoms with E-state index in [1.54, 1.807) is 50.2 Å². The number of nitrogen functional groups attached to an aromatic ring is 1. The Bertz CT molecular complexity index is 1070. The van der Waals surface area contributed by atoms with Crippen LogP contribution in [0, 0.1) is 6.92 Å². The predicted octanol–water partition coefficient (Wildman–Crippen LogP) is 3.64. The highest BCUT2D eigenvalue weighted by Crippen LogP contribution is 2.33. The first-order valence-corrected chi connectivity index (χ1v) is 9.10. The summed E-state index contributed by atoms with van der Waals surface area (Å²) >= 11 is 5.92. The molecule has 2 aromatic carbocycles. The quantitative estimate of drug-likeness (QED) is 0.515. The molecule has 3 N–H and O–H groups in total. The third-order valence-electron chi connectivity index (χ3n) is 4.83. The van der Waals surface area contributed by atoms with E-state index < -0.39 is 12.1 Å². The molecule has 0 amide bonds. The Morgan fingerprint density at radius 1 is 1.25 bits per heavy atom. The fourth-order valence-corrected chi connectivity index (χ4v) is 3.47. The molecule has 1 unspecified atom stereocenters. The number of ether oxygens (including phenoxy) is 1. The molecule has 28 heavy (non-hydrogen) atoms. The van der Waals surface area contributed by atoms with E-state index in [0.717, 1.165) is 0 Å². The van der Waals surface area contributed by atoms with Crippen LogP contribution in [0.15, 0.2) is 36.4 Å². The van der Waals surface area contributed by atoms with Gasteiger partial charge in [-0.15, -0.1) is 0 Å². The van der Waals surface area contributed by atoms with Gasteiger partial charge in [0.25, 0.3) is 5.91 Å². The van der Waals surface area contributed by atoms with Crippen molar-refractivity contribution in [2.24, 2.45) is 0 Å². The van der Waals surface area contributed by atoms with Crippen LogP contribution in [-0.2, 0) is 16.0 Å². The van der Waals surface area contributed by atoms with Crippen molar-refractivity contribution in [1.29, 1.82) is 0 Å². The Morgan fingerprint density at radius 3 is 2.46 bits per heavy atom. The molecule has 0 spiro atoms. The van der Waals surface area contributed by atoms with E-state index in [9.17, 15) is 14.7 Å². The van der Waals surface area contributed by atoms with Gasteiger partial charge in [-0.1, -0.05) is 11.6 Å². The van der Waals surface area contributed by atoms with Gasteiger partial charge in [-0.3, -0.25) is 14.2 Å². The molecule has 0 saturated carbocycles. The van der Waals surface area contributed by atoms with Crippen molar-refractivity contribution in [2.75, 3.05) is 12.8 Å². The molecular formula is C21H21ClN2O4. The molecule has 146 valence electrons. The number of aliphatic hydroxyl groups is 1. The maximum absolute atomic E-state index is 13.2. The summed E-state index contributed by atoms with van der Waals surface area (Å²) in [5.74, 6) is -0.684. The van der Waals surface area contributed by atoms with Gasteiger partial charge in [-0.2, -0.15) is 0 Å². The van der Waals surface area contributed by atoms with Crippen LogP contribution in [0.4, 0.5) is 5.69 Å². The second-order valence-corrected chi connectivity index (χ2v) is 7.08. The number of aliphatic hydroxyl groups excluding tert-OH is 1. The number of nitrogens with two attached hydrogens (primary N) is 1. The molecule has 0 aliphatic carbocycles. The molecule has 7 heteroatoms. The van der Waals surface area contributed by atoms with Crippen molar-refractivity contribution in [3.63, 3.8) is 0 Å². The van der Waals surface area contributed by atoms with Crippen LogP contribution in [0.1, 0.15) is 40.2 Å². The van der Waals surface area contributed by atoms with Gasteiger partial charge in [0.1, 0.15) is 0 Å². The van der Waals surface area contributed by atoms with E-state index >= 15 is 0 Å². The number of methoxy groups -OCH3 is 1. The predicted molar refractivity (Wildman–Crippen MR) is 109 cm³/mol. The van der Waals surface area contributed by atoms with Gasteiger partial charge in [0.15, 0.2) is 0 Å². The molecule has 3 aromatic rings. The summed E-state index contributed by atoms with van der Waals surface area (Å²) in [6.45, 7) is 3.38. The Labute approximate surface area is 167 Å². The highest BCUT2D eigenvalue weighted by Gasteiger charge is 2.23. The summed E-state index contributed by atoms with van der Waals surface area (Å²) < 4.78 is 6.33. The van der Waals surface area contributed by atoms with Crippen molar-refractivity contribution in [3.8, 4) is 0 Å². The molecule has 0 saturated heterocycles. The highest BCUT2D eigenvalue weighted by atomic mass is 35.5. The van der Waals surface area contributed by atoms with Crippen LogP contribution in [0.2, 0.25) is 5.02 Å². The number of fused-ring (bicyclic) bond motifs is 1. The van der Waals surface area contributed by atoms with Crippen molar-refractivity contribution in [3.05, 3.63) is 63.8 Å². The molecule has 0 fully saturated rings.